The van der Waals surface area contributed by atoms with Gasteiger partial charge in [0, 0.05) is 57.8 Å². The zero-order chi connectivity index (χ0) is 21.1. The van der Waals surface area contributed by atoms with Crippen molar-refractivity contribution in [1.29, 1.82) is 0 Å². The van der Waals surface area contributed by atoms with Crippen molar-refractivity contribution in [3.8, 4) is 11.5 Å². The molecule has 0 radical (unpaired) electrons. The fourth-order valence-corrected chi connectivity index (χ4v) is 4.20. The first-order valence-corrected chi connectivity index (χ1v) is 10.6. The second kappa shape index (κ2) is 9.06. The standard InChI is InChI=1S/C22H31N5O3/c1-25-10-12-27(13-11-25)22-23-18-7-9-26(8-6-17(18)21(28)24-22)15-16-4-5-19(29-2)20(14-16)30-3/h4-5,14H,6-13,15H2,1-3H3,(H,23,24,28). The minimum Gasteiger partial charge on any atom is -0.493 e. The summed E-state index contributed by atoms with van der Waals surface area (Å²) in [5.41, 5.74) is 2.96. The molecule has 0 atom stereocenters. The molecule has 0 aliphatic carbocycles. The van der Waals surface area contributed by atoms with Crippen molar-refractivity contribution in [3.63, 3.8) is 0 Å². The number of piperazine rings is 1. The summed E-state index contributed by atoms with van der Waals surface area (Å²) < 4.78 is 10.8. The van der Waals surface area contributed by atoms with Crippen molar-refractivity contribution < 1.29 is 9.47 Å². The number of hydrogen-bond donors (Lipinski definition) is 1. The number of ether oxygens (including phenoxy) is 2. The van der Waals surface area contributed by atoms with E-state index in [-0.39, 0.29) is 5.56 Å². The molecule has 8 heteroatoms. The third-order valence-corrected chi connectivity index (χ3v) is 6.09. The van der Waals surface area contributed by atoms with Crippen LogP contribution in [0.25, 0.3) is 0 Å². The molecule has 0 amide bonds. The number of anilines is 1. The normalized spacial score (nSPS) is 18.0. The van der Waals surface area contributed by atoms with Crippen LogP contribution < -0.4 is 19.9 Å². The predicted octanol–water partition coefficient (Wildman–Crippen LogP) is 1.14. The zero-order valence-electron chi connectivity index (χ0n) is 18.1. The van der Waals surface area contributed by atoms with Crippen LogP contribution in [0, 0.1) is 0 Å². The molecule has 1 saturated heterocycles. The third-order valence-electron chi connectivity index (χ3n) is 6.09. The highest BCUT2D eigenvalue weighted by molar-refractivity contribution is 5.43. The van der Waals surface area contributed by atoms with Crippen molar-refractivity contribution >= 4 is 5.95 Å². The number of hydrogen-bond acceptors (Lipinski definition) is 7. The van der Waals surface area contributed by atoms with Crippen molar-refractivity contribution in [2.75, 3.05) is 65.4 Å². The summed E-state index contributed by atoms with van der Waals surface area (Å²) in [6.07, 6.45) is 1.50. The van der Waals surface area contributed by atoms with E-state index in [1.165, 1.54) is 5.56 Å². The molecule has 1 aromatic carbocycles. The first kappa shape index (κ1) is 20.7. The number of nitrogens with one attached hydrogen (secondary N) is 1. The zero-order valence-corrected chi connectivity index (χ0v) is 18.1. The van der Waals surface area contributed by atoms with E-state index in [1.807, 2.05) is 12.1 Å². The topological polar surface area (TPSA) is 73.9 Å². The molecule has 0 unspecified atom stereocenters. The maximum atomic E-state index is 12.8. The van der Waals surface area contributed by atoms with E-state index in [0.717, 1.165) is 80.9 Å². The van der Waals surface area contributed by atoms with Crippen LogP contribution in [0.15, 0.2) is 23.0 Å². The van der Waals surface area contributed by atoms with E-state index in [9.17, 15) is 4.79 Å². The Morgan fingerprint density at radius 1 is 1.00 bits per heavy atom. The van der Waals surface area contributed by atoms with E-state index in [2.05, 4.69) is 32.8 Å². The van der Waals surface area contributed by atoms with Crippen LogP contribution in [0.5, 0.6) is 11.5 Å². The molecule has 1 aromatic heterocycles. The smallest absolute Gasteiger partial charge is 0.255 e. The average Bonchev–Trinajstić information content (AvgIpc) is 2.97. The number of methoxy groups -OCH3 is 2. The SMILES string of the molecule is COc1ccc(CN2CCc3nc(N4CCN(C)CC4)[nH]c(=O)c3CC2)cc1OC. The highest BCUT2D eigenvalue weighted by Gasteiger charge is 2.22. The van der Waals surface area contributed by atoms with Gasteiger partial charge in [0.05, 0.1) is 19.9 Å². The van der Waals surface area contributed by atoms with E-state index in [1.54, 1.807) is 14.2 Å². The van der Waals surface area contributed by atoms with Crippen LogP contribution >= 0.6 is 0 Å². The molecule has 3 heterocycles. The van der Waals surface area contributed by atoms with E-state index in [0.29, 0.717) is 6.42 Å². The molecule has 30 heavy (non-hydrogen) atoms. The Morgan fingerprint density at radius 2 is 1.73 bits per heavy atom. The molecule has 0 saturated carbocycles. The van der Waals surface area contributed by atoms with Gasteiger partial charge in [-0.3, -0.25) is 14.7 Å². The number of fused-ring (bicyclic) bond motifs is 1. The van der Waals surface area contributed by atoms with Crippen molar-refractivity contribution in [3.05, 3.63) is 45.4 Å². The Labute approximate surface area is 177 Å². The largest absolute Gasteiger partial charge is 0.493 e. The summed E-state index contributed by atoms with van der Waals surface area (Å²) in [6.45, 7) is 6.27. The summed E-state index contributed by atoms with van der Waals surface area (Å²) in [5.74, 6) is 2.19. The molecule has 8 nitrogen and oxygen atoms in total. The Kier molecular flexibility index (Phi) is 6.24. The molecular formula is C22H31N5O3. The number of aromatic nitrogens is 2. The van der Waals surface area contributed by atoms with Gasteiger partial charge in [0.2, 0.25) is 5.95 Å². The Balaban J connectivity index is 1.47. The molecular weight excluding hydrogens is 382 g/mol. The van der Waals surface area contributed by atoms with Crippen LogP contribution in [0.2, 0.25) is 0 Å². The fraction of sp³-hybridized carbons (Fsp3) is 0.545. The molecule has 2 aliphatic rings. The van der Waals surface area contributed by atoms with Gasteiger partial charge in [-0.2, -0.15) is 0 Å². The van der Waals surface area contributed by atoms with E-state index >= 15 is 0 Å². The number of nitrogens with zero attached hydrogens (tertiary/aromatic N) is 4. The molecule has 1 fully saturated rings. The van der Waals surface area contributed by atoms with Gasteiger partial charge in [-0.1, -0.05) is 6.07 Å². The van der Waals surface area contributed by atoms with Crippen LogP contribution in [0.1, 0.15) is 16.8 Å². The van der Waals surface area contributed by atoms with E-state index in [4.69, 9.17) is 14.5 Å². The second-order valence-corrected chi connectivity index (χ2v) is 8.07. The van der Waals surface area contributed by atoms with Crippen molar-refractivity contribution in [2.24, 2.45) is 0 Å². The van der Waals surface area contributed by atoms with Crippen molar-refractivity contribution in [2.45, 2.75) is 19.4 Å². The first-order chi connectivity index (χ1) is 14.6. The summed E-state index contributed by atoms with van der Waals surface area (Å²) in [5, 5.41) is 0. The summed E-state index contributed by atoms with van der Waals surface area (Å²) in [4.78, 5) is 27.5. The van der Waals surface area contributed by atoms with Gasteiger partial charge in [0.25, 0.3) is 5.56 Å². The Bertz CT molecular complexity index is 937. The van der Waals surface area contributed by atoms with Gasteiger partial charge >= 0.3 is 0 Å². The van der Waals surface area contributed by atoms with Crippen molar-refractivity contribution in [1.82, 2.24) is 19.8 Å². The molecule has 0 bridgehead atoms. The monoisotopic (exact) mass is 413 g/mol. The highest BCUT2D eigenvalue weighted by Crippen LogP contribution is 2.28. The summed E-state index contributed by atoms with van der Waals surface area (Å²) in [6, 6.07) is 6.03. The van der Waals surface area contributed by atoms with Gasteiger partial charge in [-0.05, 0) is 31.2 Å². The summed E-state index contributed by atoms with van der Waals surface area (Å²) >= 11 is 0. The highest BCUT2D eigenvalue weighted by atomic mass is 16.5. The third kappa shape index (κ3) is 4.44. The number of H-pyrrole nitrogens is 1. The average molecular weight is 414 g/mol. The Morgan fingerprint density at radius 3 is 2.47 bits per heavy atom. The molecule has 0 spiro atoms. The Hall–Kier alpha value is -2.58. The lowest BCUT2D eigenvalue weighted by atomic mass is 10.1. The predicted molar refractivity (Wildman–Crippen MR) is 117 cm³/mol. The van der Waals surface area contributed by atoms with Gasteiger partial charge < -0.3 is 19.3 Å². The maximum absolute atomic E-state index is 12.8. The molecule has 162 valence electrons. The molecule has 4 rings (SSSR count). The summed E-state index contributed by atoms with van der Waals surface area (Å²) in [7, 11) is 5.42. The second-order valence-electron chi connectivity index (χ2n) is 8.07. The number of likely N-dealkylation sites (N-methyl/N-ethyl adjacent to an activating group) is 1. The lowest BCUT2D eigenvalue weighted by Crippen LogP contribution is -2.45. The number of rotatable bonds is 5. The molecule has 1 N–H and O–H groups in total. The fourth-order valence-electron chi connectivity index (χ4n) is 4.20. The van der Waals surface area contributed by atoms with Crippen LogP contribution in [0.4, 0.5) is 5.95 Å². The van der Waals surface area contributed by atoms with E-state index < -0.39 is 0 Å². The quantitative estimate of drug-likeness (QED) is 0.788. The minimum atomic E-state index is 0.0156. The molecule has 2 aliphatic heterocycles. The maximum Gasteiger partial charge on any atom is 0.255 e. The minimum absolute atomic E-state index is 0.0156. The van der Waals surface area contributed by atoms with Gasteiger partial charge in [0.15, 0.2) is 11.5 Å². The van der Waals surface area contributed by atoms with Crippen LogP contribution in [-0.4, -0.2) is 80.3 Å². The number of benzene rings is 1. The lowest BCUT2D eigenvalue weighted by molar-refractivity contribution is 0.278. The van der Waals surface area contributed by atoms with Crippen LogP contribution in [0.3, 0.4) is 0 Å². The van der Waals surface area contributed by atoms with Crippen LogP contribution in [-0.2, 0) is 19.4 Å². The first-order valence-electron chi connectivity index (χ1n) is 10.6. The van der Waals surface area contributed by atoms with Gasteiger partial charge in [-0.25, -0.2) is 4.98 Å². The molecule has 2 aromatic rings. The van der Waals surface area contributed by atoms with Gasteiger partial charge in [-0.15, -0.1) is 0 Å². The number of aromatic amines is 1. The lowest BCUT2D eigenvalue weighted by Gasteiger charge is -2.32. The van der Waals surface area contributed by atoms with Gasteiger partial charge in [0.1, 0.15) is 0 Å².